The minimum Gasteiger partial charge on any atom is -0.493 e. The molecule has 9 nitrogen and oxygen atoms in total. The number of fused-ring (bicyclic) bond motifs is 3. The van der Waals surface area contributed by atoms with Crippen LogP contribution in [0.15, 0.2) is 54.6 Å². The van der Waals surface area contributed by atoms with Gasteiger partial charge in [0.25, 0.3) is 0 Å². The van der Waals surface area contributed by atoms with Crippen molar-refractivity contribution >= 4 is 29.2 Å². The van der Waals surface area contributed by atoms with E-state index in [0.717, 1.165) is 25.1 Å². The SMILES string of the molecule is COc1ccc(CCN2C(=O)N(c3cccc(Cl)c3)C(=N)[C@]23CCN2CCc4cc(OC)c(OC)cc4[C@@H]2C3)cc1OC. The van der Waals surface area contributed by atoms with Crippen molar-refractivity contribution in [1.82, 2.24) is 9.80 Å². The molecule has 2 fully saturated rings. The molecule has 2 amide bonds. The molecule has 0 bridgehead atoms. The maximum Gasteiger partial charge on any atom is 0.330 e. The van der Waals surface area contributed by atoms with Crippen molar-refractivity contribution in [2.75, 3.05) is 53.0 Å². The molecule has 3 aliphatic rings. The van der Waals surface area contributed by atoms with E-state index in [1.54, 1.807) is 40.6 Å². The Kier molecular flexibility index (Phi) is 7.87. The molecule has 2 atom stereocenters. The summed E-state index contributed by atoms with van der Waals surface area (Å²) in [5.41, 5.74) is 3.22. The zero-order chi connectivity index (χ0) is 30.3. The lowest BCUT2D eigenvalue weighted by Gasteiger charge is -2.50. The average molecular weight is 605 g/mol. The second kappa shape index (κ2) is 11.6. The van der Waals surface area contributed by atoms with Gasteiger partial charge in [-0.2, -0.15) is 0 Å². The van der Waals surface area contributed by atoms with Gasteiger partial charge < -0.3 is 23.8 Å². The summed E-state index contributed by atoms with van der Waals surface area (Å²) in [7, 11) is 6.53. The highest BCUT2D eigenvalue weighted by Gasteiger charge is 2.58. The average Bonchev–Trinajstić information content (AvgIpc) is 3.22. The lowest BCUT2D eigenvalue weighted by atomic mass is 9.76. The number of amidine groups is 1. The van der Waals surface area contributed by atoms with Gasteiger partial charge in [-0.25, -0.2) is 9.69 Å². The maximum atomic E-state index is 14.3. The highest BCUT2D eigenvalue weighted by Crippen LogP contribution is 2.49. The van der Waals surface area contributed by atoms with Gasteiger partial charge in [-0.3, -0.25) is 10.3 Å². The summed E-state index contributed by atoms with van der Waals surface area (Å²) in [6.07, 6.45) is 2.77. The van der Waals surface area contributed by atoms with Gasteiger partial charge in [0.05, 0.1) is 34.1 Å². The van der Waals surface area contributed by atoms with E-state index in [0.29, 0.717) is 65.4 Å². The number of hydrogen-bond acceptors (Lipinski definition) is 7. The van der Waals surface area contributed by atoms with E-state index in [2.05, 4.69) is 17.0 Å². The molecule has 10 heteroatoms. The van der Waals surface area contributed by atoms with Crippen LogP contribution in [-0.2, 0) is 12.8 Å². The van der Waals surface area contributed by atoms with Crippen LogP contribution in [-0.4, -0.2) is 75.3 Å². The Labute approximate surface area is 257 Å². The van der Waals surface area contributed by atoms with Crippen LogP contribution in [0.5, 0.6) is 23.0 Å². The van der Waals surface area contributed by atoms with Crippen LogP contribution in [0, 0.1) is 5.41 Å². The molecule has 3 aromatic carbocycles. The highest BCUT2D eigenvalue weighted by molar-refractivity contribution is 6.31. The van der Waals surface area contributed by atoms with Gasteiger partial charge in [0.2, 0.25) is 0 Å². The van der Waals surface area contributed by atoms with Gasteiger partial charge in [0.15, 0.2) is 23.0 Å². The number of nitrogens with one attached hydrogen (secondary N) is 1. The normalized spacial score (nSPS) is 21.6. The molecular formula is C33H37ClN4O5. The summed E-state index contributed by atoms with van der Waals surface area (Å²) < 4.78 is 22.2. The third kappa shape index (κ3) is 4.94. The first-order valence-electron chi connectivity index (χ1n) is 14.5. The fourth-order valence-corrected chi connectivity index (χ4v) is 7.16. The third-order valence-corrected chi connectivity index (χ3v) is 9.43. The van der Waals surface area contributed by atoms with Crippen molar-refractivity contribution in [3.8, 4) is 23.0 Å². The zero-order valence-electron chi connectivity index (χ0n) is 25.0. The van der Waals surface area contributed by atoms with Gasteiger partial charge in [-0.05, 0) is 84.8 Å². The van der Waals surface area contributed by atoms with Crippen molar-refractivity contribution in [2.45, 2.75) is 37.3 Å². The Morgan fingerprint density at radius 3 is 2.35 bits per heavy atom. The van der Waals surface area contributed by atoms with Crippen LogP contribution in [0.3, 0.4) is 0 Å². The van der Waals surface area contributed by atoms with Crippen LogP contribution in [0.4, 0.5) is 10.5 Å². The highest BCUT2D eigenvalue weighted by atomic mass is 35.5. The number of anilines is 1. The fourth-order valence-electron chi connectivity index (χ4n) is 6.97. The smallest absolute Gasteiger partial charge is 0.330 e. The summed E-state index contributed by atoms with van der Waals surface area (Å²) in [5, 5.41) is 10.1. The van der Waals surface area contributed by atoms with E-state index < -0.39 is 5.54 Å². The van der Waals surface area contributed by atoms with Gasteiger partial charge in [-0.15, -0.1) is 0 Å². The number of carbonyl (C=O) groups is 1. The number of benzene rings is 3. The minimum absolute atomic E-state index is 0.0216. The van der Waals surface area contributed by atoms with Crippen molar-refractivity contribution in [3.63, 3.8) is 0 Å². The number of nitrogens with zero attached hydrogens (tertiary/aromatic N) is 3. The molecule has 1 spiro atoms. The molecule has 2 saturated heterocycles. The molecule has 43 heavy (non-hydrogen) atoms. The van der Waals surface area contributed by atoms with Crippen LogP contribution >= 0.6 is 11.6 Å². The lowest BCUT2D eigenvalue weighted by Crippen LogP contribution is -2.58. The molecule has 0 radical (unpaired) electrons. The van der Waals surface area contributed by atoms with Gasteiger partial charge >= 0.3 is 6.03 Å². The number of piperidine rings is 1. The van der Waals surface area contributed by atoms with E-state index in [1.807, 2.05) is 35.2 Å². The Morgan fingerprint density at radius 1 is 0.907 bits per heavy atom. The topological polar surface area (TPSA) is 87.6 Å². The molecule has 3 aromatic rings. The summed E-state index contributed by atoms with van der Waals surface area (Å²) >= 11 is 6.35. The molecule has 0 aromatic heterocycles. The number of rotatable bonds is 8. The monoisotopic (exact) mass is 604 g/mol. The fraction of sp³-hybridized carbons (Fsp3) is 0.394. The summed E-state index contributed by atoms with van der Waals surface area (Å²) in [5.74, 6) is 3.00. The molecule has 1 N–H and O–H groups in total. The molecule has 226 valence electrons. The predicted octanol–water partition coefficient (Wildman–Crippen LogP) is 5.97. The van der Waals surface area contributed by atoms with Crippen LogP contribution in [0.1, 0.15) is 35.6 Å². The van der Waals surface area contributed by atoms with Crippen molar-refractivity contribution in [3.05, 3.63) is 76.3 Å². The first kappa shape index (κ1) is 29.1. The summed E-state index contributed by atoms with van der Waals surface area (Å²) in [6.45, 7) is 2.12. The molecular weight excluding hydrogens is 568 g/mol. The number of amides is 2. The number of urea groups is 1. The van der Waals surface area contributed by atoms with Crippen LogP contribution in [0.25, 0.3) is 0 Å². The van der Waals surface area contributed by atoms with Crippen LogP contribution < -0.4 is 23.8 Å². The standard InChI is InChI=1S/C33H37ClN4O5/c1-40-27-9-8-21(16-28(27)41-2)10-14-37-32(39)38(24-7-5-6-23(34)18-24)31(35)33(37)12-15-36-13-11-22-17-29(42-3)30(43-4)19-25(22)26(36)20-33/h5-9,16-19,26,35H,10-15,20H2,1-4H3/t26-,33+/m0/s1. The number of carbonyl (C=O) groups excluding carboxylic acids is 1. The predicted molar refractivity (Wildman–Crippen MR) is 167 cm³/mol. The minimum atomic E-state index is -0.793. The van der Waals surface area contributed by atoms with E-state index in [4.69, 9.17) is 30.5 Å². The molecule has 6 rings (SSSR count). The summed E-state index contributed by atoms with van der Waals surface area (Å²) in [4.78, 5) is 20.2. The number of ether oxygens (including phenoxy) is 4. The molecule has 3 aliphatic heterocycles. The quantitative estimate of drug-likeness (QED) is 0.341. The Bertz CT molecular complexity index is 1560. The number of hydrogen-bond donors (Lipinski definition) is 1. The molecule has 0 aliphatic carbocycles. The van der Waals surface area contributed by atoms with Crippen molar-refractivity contribution in [1.29, 1.82) is 5.41 Å². The number of halogens is 1. The van der Waals surface area contributed by atoms with Crippen LogP contribution in [0.2, 0.25) is 5.02 Å². The van der Waals surface area contributed by atoms with Gasteiger partial charge in [0.1, 0.15) is 11.4 Å². The van der Waals surface area contributed by atoms with E-state index in [9.17, 15) is 10.2 Å². The molecule has 0 unspecified atom stereocenters. The molecule has 3 heterocycles. The van der Waals surface area contributed by atoms with E-state index in [1.165, 1.54) is 16.0 Å². The molecule has 0 saturated carbocycles. The van der Waals surface area contributed by atoms with Gasteiger partial charge in [0, 0.05) is 30.7 Å². The summed E-state index contributed by atoms with van der Waals surface area (Å²) in [6, 6.07) is 17.0. The lowest BCUT2D eigenvalue weighted by molar-refractivity contribution is 0.0541. The Balaban J connectivity index is 1.39. The van der Waals surface area contributed by atoms with Crippen molar-refractivity contribution < 1.29 is 23.7 Å². The van der Waals surface area contributed by atoms with E-state index in [-0.39, 0.29) is 12.1 Å². The first-order chi connectivity index (χ1) is 20.8. The second-order valence-corrected chi connectivity index (χ2v) is 11.7. The van der Waals surface area contributed by atoms with Gasteiger partial charge in [-0.1, -0.05) is 23.7 Å². The number of methoxy groups -OCH3 is 4. The first-order valence-corrected chi connectivity index (χ1v) is 14.9. The Hall–Kier alpha value is -3.95. The van der Waals surface area contributed by atoms with E-state index >= 15 is 0 Å². The third-order valence-electron chi connectivity index (χ3n) is 9.20. The van der Waals surface area contributed by atoms with Crippen molar-refractivity contribution in [2.24, 2.45) is 0 Å². The second-order valence-electron chi connectivity index (χ2n) is 11.2. The Morgan fingerprint density at radius 2 is 1.63 bits per heavy atom. The largest absolute Gasteiger partial charge is 0.493 e. The maximum absolute atomic E-state index is 14.3. The zero-order valence-corrected chi connectivity index (χ0v) is 25.7.